The van der Waals surface area contributed by atoms with E-state index < -0.39 is 23.8 Å². The van der Waals surface area contributed by atoms with Gasteiger partial charge in [-0.1, -0.05) is 32.8 Å². The Morgan fingerprint density at radius 2 is 1.16 bits per heavy atom. The van der Waals surface area contributed by atoms with E-state index in [0.717, 1.165) is 72.2 Å². The molecule has 44 heavy (non-hydrogen) atoms. The van der Waals surface area contributed by atoms with E-state index in [1.165, 1.54) is 28.7 Å². The van der Waals surface area contributed by atoms with Gasteiger partial charge in [-0.05, 0) is 93.5 Å². The summed E-state index contributed by atoms with van der Waals surface area (Å²) in [7, 11) is 0. The number of esters is 2. The summed E-state index contributed by atoms with van der Waals surface area (Å²) in [5, 5.41) is 6.85. The monoisotopic (exact) mass is 636 g/mol. The standard InChI is InChI=1S/C34H40N2O6S2/c1-5-19-12-14-23-25(16-19)43-31(27(23)33(39)41-7-3)35-29(37)21-10-9-11-22(18-21)30(38)36-32-28(34(40)42-8-4)24-15-13-20(6-2)17-26(24)44-32/h9-11,18-20H,5-8,12-17H2,1-4H3,(H,35,37)(H,36,38). The molecule has 0 fully saturated rings. The van der Waals surface area contributed by atoms with Crippen molar-refractivity contribution in [3.63, 3.8) is 0 Å². The summed E-state index contributed by atoms with van der Waals surface area (Å²) in [6, 6.07) is 6.45. The molecule has 0 bridgehead atoms. The van der Waals surface area contributed by atoms with Gasteiger partial charge in [0.2, 0.25) is 0 Å². The zero-order valence-electron chi connectivity index (χ0n) is 25.8. The lowest BCUT2D eigenvalue weighted by Gasteiger charge is -2.20. The smallest absolute Gasteiger partial charge is 0.341 e. The van der Waals surface area contributed by atoms with Crippen molar-refractivity contribution in [1.29, 1.82) is 0 Å². The fourth-order valence-corrected chi connectivity index (χ4v) is 8.86. The molecule has 8 nitrogen and oxygen atoms in total. The molecule has 2 heterocycles. The summed E-state index contributed by atoms with van der Waals surface area (Å²) in [6.45, 7) is 8.37. The van der Waals surface area contributed by atoms with E-state index in [1.807, 2.05) is 0 Å². The van der Waals surface area contributed by atoms with Crippen molar-refractivity contribution in [1.82, 2.24) is 0 Å². The van der Waals surface area contributed by atoms with Crippen LogP contribution in [-0.2, 0) is 35.2 Å². The maximum Gasteiger partial charge on any atom is 0.341 e. The number of hydrogen-bond donors (Lipinski definition) is 2. The first-order valence-electron chi connectivity index (χ1n) is 15.6. The number of ether oxygens (including phenoxy) is 2. The van der Waals surface area contributed by atoms with Gasteiger partial charge in [-0.2, -0.15) is 0 Å². The number of fused-ring (bicyclic) bond motifs is 2. The fourth-order valence-electron chi connectivity index (χ4n) is 6.17. The van der Waals surface area contributed by atoms with Crippen LogP contribution in [0.1, 0.15) is 116 Å². The predicted octanol–water partition coefficient (Wildman–Crippen LogP) is 7.70. The molecule has 2 unspecified atom stereocenters. The first-order valence-corrected chi connectivity index (χ1v) is 17.3. The van der Waals surface area contributed by atoms with Gasteiger partial charge in [0.25, 0.3) is 11.8 Å². The van der Waals surface area contributed by atoms with E-state index >= 15 is 0 Å². The Morgan fingerprint density at radius 1 is 0.727 bits per heavy atom. The molecule has 0 aliphatic heterocycles. The molecule has 10 heteroatoms. The number of carbonyl (C=O) groups excluding carboxylic acids is 4. The first-order chi connectivity index (χ1) is 21.3. The summed E-state index contributed by atoms with van der Waals surface area (Å²) in [5.74, 6) is -0.572. The molecule has 3 aromatic rings. The number of rotatable bonds is 10. The largest absolute Gasteiger partial charge is 0.462 e. The summed E-state index contributed by atoms with van der Waals surface area (Å²) < 4.78 is 10.7. The number of anilines is 2. The molecule has 1 aromatic carbocycles. The van der Waals surface area contributed by atoms with Crippen molar-refractivity contribution in [3.05, 3.63) is 67.4 Å². The lowest BCUT2D eigenvalue weighted by Crippen LogP contribution is -2.18. The van der Waals surface area contributed by atoms with Crippen LogP contribution < -0.4 is 10.6 Å². The third kappa shape index (κ3) is 6.61. The Balaban J connectivity index is 1.38. The topological polar surface area (TPSA) is 111 Å². The normalized spacial score (nSPS) is 17.3. The van der Waals surface area contributed by atoms with Crippen molar-refractivity contribution in [2.24, 2.45) is 11.8 Å². The molecular formula is C34H40N2O6S2. The van der Waals surface area contributed by atoms with E-state index in [9.17, 15) is 19.2 Å². The molecule has 2 aliphatic rings. The molecule has 0 saturated carbocycles. The SMILES string of the molecule is CCOC(=O)c1c(NC(=O)c2cccc(C(=O)Nc3sc4c(c3C(=O)OCC)CCC(CC)C4)c2)sc2c1CCC(CC)C2. The van der Waals surface area contributed by atoms with E-state index in [-0.39, 0.29) is 24.3 Å². The van der Waals surface area contributed by atoms with Crippen LogP contribution in [0.3, 0.4) is 0 Å². The number of nitrogens with one attached hydrogen (secondary N) is 2. The van der Waals surface area contributed by atoms with E-state index in [4.69, 9.17) is 9.47 Å². The second-order valence-corrected chi connectivity index (χ2v) is 13.6. The summed E-state index contributed by atoms with van der Waals surface area (Å²) in [5.41, 5.74) is 3.41. The molecule has 2 atom stereocenters. The van der Waals surface area contributed by atoms with Crippen LogP contribution in [0.5, 0.6) is 0 Å². The van der Waals surface area contributed by atoms with Crippen LogP contribution >= 0.6 is 22.7 Å². The Bertz CT molecular complexity index is 1460. The van der Waals surface area contributed by atoms with E-state index in [0.29, 0.717) is 33.0 Å². The van der Waals surface area contributed by atoms with Crippen molar-refractivity contribution >= 4 is 56.4 Å². The van der Waals surface area contributed by atoms with Gasteiger partial charge >= 0.3 is 11.9 Å². The number of hydrogen-bond acceptors (Lipinski definition) is 8. The van der Waals surface area contributed by atoms with Gasteiger partial charge in [-0.3, -0.25) is 9.59 Å². The van der Waals surface area contributed by atoms with Gasteiger partial charge < -0.3 is 20.1 Å². The van der Waals surface area contributed by atoms with Gasteiger partial charge in [0, 0.05) is 20.9 Å². The summed E-state index contributed by atoms with van der Waals surface area (Å²) >= 11 is 2.88. The zero-order valence-corrected chi connectivity index (χ0v) is 27.4. The number of carbonyl (C=O) groups is 4. The third-order valence-corrected chi connectivity index (χ3v) is 11.0. The highest BCUT2D eigenvalue weighted by atomic mass is 32.1. The fraction of sp³-hybridized carbons (Fsp3) is 0.471. The van der Waals surface area contributed by atoms with Crippen LogP contribution in [-0.4, -0.2) is 37.0 Å². The highest BCUT2D eigenvalue weighted by Crippen LogP contribution is 2.42. The van der Waals surface area contributed by atoms with Gasteiger partial charge in [-0.25, -0.2) is 9.59 Å². The molecule has 234 valence electrons. The minimum Gasteiger partial charge on any atom is -0.462 e. The van der Waals surface area contributed by atoms with Gasteiger partial charge in [0.05, 0.1) is 24.3 Å². The summed E-state index contributed by atoms with van der Waals surface area (Å²) in [4.78, 5) is 55.1. The zero-order chi connectivity index (χ0) is 31.4. The van der Waals surface area contributed by atoms with Crippen LogP contribution in [0.4, 0.5) is 10.0 Å². The minimum absolute atomic E-state index is 0.246. The quantitative estimate of drug-likeness (QED) is 0.221. The van der Waals surface area contributed by atoms with E-state index in [2.05, 4.69) is 24.5 Å². The first kappa shape index (κ1) is 31.9. The van der Waals surface area contributed by atoms with Crippen molar-refractivity contribution < 1.29 is 28.7 Å². The maximum absolute atomic E-state index is 13.5. The second-order valence-electron chi connectivity index (χ2n) is 11.4. The summed E-state index contributed by atoms with van der Waals surface area (Å²) in [6.07, 6.45) is 7.46. The second kappa shape index (κ2) is 14.1. The molecule has 2 N–H and O–H groups in total. The van der Waals surface area contributed by atoms with Crippen LogP contribution in [0.25, 0.3) is 0 Å². The number of benzene rings is 1. The Hall–Kier alpha value is -3.50. The highest BCUT2D eigenvalue weighted by Gasteiger charge is 2.32. The lowest BCUT2D eigenvalue weighted by molar-refractivity contribution is 0.0516. The Labute approximate surface area is 266 Å². The van der Waals surface area contributed by atoms with Gasteiger partial charge in [-0.15, -0.1) is 22.7 Å². The van der Waals surface area contributed by atoms with E-state index in [1.54, 1.807) is 32.0 Å². The molecule has 2 aliphatic carbocycles. The Morgan fingerprint density at radius 3 is 1.55 bits per heavy atom. The highest BCUT2D eigenvalue weighted by molar-refractivity contribution is 7.17. The number of thiophene rings is 2. The molecule has 0 spiro atoms. The van der Waals surface area contributed by atoms with Crippen LogP contribution in [0, 0.1) is 11.8 Å². The van der Waals surface area contributed by atoms with Crippen LogP contribution in [0.15, 0.2) is 24.3 Å². The molecule has 2 aromatic heterocycles. The minimum atomic E-state index is -0.426. The van der Waals surface area contributed by atoms with Crippen LogP contribution in [0.2, 0.25) is 0 Å². The van der Waals surface area contributed by atoms with Crippen molar-refractivity contribution in [3.8, 4) is 0 Å². The predicted molar refractivity (Wildman–Crippen MR) is 175 cm³/mol. The molecule has 0 saturated heterocycles. The number of amides is 2. The lowest BCUT2D eigenvalue weighted by atomic mass is 9.85. The molecule has 0 radical (unpaired) electrons. The van der Waals surface area contributed by atoms with Gasteiger partial charge in [0.1, 0.15) is 10.0 Å². The van der Waals surface area contributed by atoms with Gasteiger partial charge in [0.15, 0.2) is 0 Å². The molecule has 5 rings (SSSR count). The van der Waals surface area contributed by atoms with Crippen molar-refractivity contribution in [2.45, 2.75) is 79.1 Å². The maximum atomic E-state index is 13.5. The average Bonchev–Trinajstić information content (AvgIpc) is 3.57. The molecule has 2 amide bonds. The van der Waals surface area contributed by atoms with Crippen molar-refractivity contribution in [2.75, 3.05) is 23.8 Å². The third-order valence-electron chi connectivity index (χ3n) is 8.69. The molecular weight excluding hydrogens is 597 g/mol. The average molecular weight is 637 g/mol. The Kier molecular flexibility index (Phi) is 10.2.